The van der Waals surface area contributed by atoms with Crippen LogP contribution in [-0.2, 0) is 4.74 Å². The Bertz CT molecular complexity index is 142. The molecule has 0 bridgehead atoms. The summed E-state index contributed by atoms with van der Waals surface area (Å²) in [6.07, 6.45) is 1.22. The average molecular weight is 230 g/mol. The Hall–Kier alpha value is -0.120. The van der Waals surface area contributed by atoms with Crippen molar-refractivity contribution in [1.82, 2.24) is 10.2 Å². The van der Waals surface area contributed by atoms with Crippen molar-refractivity contribution in [3.05, 3.63) is 0 Å². The molecule has 0 aliphatic carbocycles. The second-order valence-electron chi connectivity index (χ2n) is 4.40. The number of likely N-dealkylation sites (N-methyl/N-ethyl adjacent to an activating group) is 1. The van der Waals surface area contributed by atoms with Crippen LogP contribution in [0.4, 0.5) is 0 Å². The van der Waals surface area contributed by atoms with Gasteiger partial charge in [-0.05, 0) is 38.9 Å². The maximum Gasteiger partial charge on any atom is 0.0593 e. The van der Waals surface area contributed by atoms with Gasteiger partial charge in [-0.25, -0.2) is 0 Å². The zero-order chi connectivity index (χ0) is 12.2. The number of hydrogen-bond acceptors (Lipinski definition) is 3. The highest BCUT2D eigenvalue weighted by Gasteiger charge is 2.07. The van der Waals surface area contributed by atoms with Crippen LogP contribution in [0.25, 0.3) is 0 Å². The van der Waals surface area contributed by atoms with Crippen LogP contribution >= 0.6 is 0 Å². The lowest BCUT2D eigenvalue weighted by Gasteiger charge is -2.24. The Labute approximate surface area is 102 Å². The van der Waals surface area contributed by atoms with E-state index in [0.717, 1.165) is 39.4 Å². The lowest BCUT2D eigenvalue weighted by Crippen LogP contribution is -2.35. The van der Waals surface area contributed by atoms with E-state index in [1.807, 2.05) is 6.92 Å². The zero-order valence-corrected chi connectivity index (χ0v) is 11.6. The molecule has 0 saturated heterocycles. The van der Waals surface area contributed by atoms with Crippen molar-refractivity contribution >= 4 is 0 Å². The molecule has 0 rings (SSSR count). The standard InChI is InChI=1S/C13H30N2O/c1-5-8-14-11-13(4)12-15(6-2)9-10-16-7-3/h13-14H,5-12H2,1-4H3. The molecule has 0 aromatic rings. The van der Waals surface area contributed by atoms with E-state index in [1.54, 1.807) is 0 Å². The molecule has 1 atom stereocenters. The third kappa shape index (κ3) is 9.13. The normalized spacial score (nSPS) is 13.3. The third-order valence-electron chi connectivity index (χ3n) is 2.69. The van der Waals surface area contributed by atoms with Gasteiger partial charge in [0.05, 0.1) is 6.61 Å². The van der Waals surface area contributed by atoms with Crippen LogP contribution in [0.1, 0.15) is 34.1 Å². The van der Waals surface area contributed by atoms with Crippen LogP contribution in [0.2, 0.25) is 0 Å². The van der Waals surface area contributed by atoms with E-state index in [9.17, 15) is 0 Å². The largest absolute Gasteiger partial charge is 0.380 e. The number of rotatable bonds is 11. The summed E-state index contributed by atoms with van der Waals surface area (Å²) < 4.78 is 5.39. The number of ether oxygens (including phenoxy) is 1. The maximum absolute atomic E-state index is 5.39. The van der Waals surface area contributed by atoms with Crippen LogP contribution in [-0.4, -0.2) is 50.8 Å². The molecule has 16 heavy (non-hydrogen) atoms. The van der Waals surface area contributed by atoms with Crippen molar-refractivity contribution in [3.63, 3.8) is 0 Å². The predicted molar refractivity (Wildman–Crippen MR) is 70.9 cm³/mol. The van der Waals surface area contributed by atoms with E-state index in [4.69, 9.17) is 4.74 Å². The van der Waals surface area contributed by atoms with Gasteiger partial charge in [0.1, 0.15) is 0 Å². The molecule has 0 amide bonds. The van der Waals surface area contributed by atoms with Crippen LogP contribution in [0.3, 0.4) is 0 Å². The first-order valence-electron chi connectivity index (χ1n) is 6.75. The first-order chi connectivity index (χ1) is 7.74. The molecule has 0 radical (unpaired) electrons. The highest BCUT2D eigenvalue weighted by Crippen LogP contribution is 1.99. The summed E-state index contributed by atoms with van der Waals surface area (Å²) in [7, 11) is 0. The summed E-state index contributed by atoms with van der Waals surface area (Å²) in [6, 6.07) is 0. The fraction of sp³-hybridized carbons (Fsp3) is 1.00. The van der Waals surface area contributed by atoms with Crippen molar-refractivity contribution in [2.45, 2.75) is 34.1 Å². The fourth-order valence-electron chi connectivity index (χ4n) is 1.75. The van der Waals surface area contributed by atoms with Crippen LogP contribution in [0.15, 0.2) is 0 Å². The third-order valence-corrected chi connectivity index (χ3v) is 2.69. The predicted octanol–water partition coefficient (Wildman–Crippen LogP) is 1.98. The van der Waals surface area contributed by atoms with Crippen molar-refractivity contribution in [2.75, 3.05) is 45.9 Å². The molecule has 0 heterocycles. The summed E-state index contributed by atoms with van der Waals surface area (Å²) >= 11 is 0. The summed E-state index contributed by atoms with van der Waals surface area (Å²) in [6.45, 7) is 16.1. The van der Waals surface area contributed by atoms with Crippen LogP contribution in [0.5, 0.6) is 0 Å². The number of hydrogen-bond donors (Lipinski definition) is 1. The van der Waals surface area contributed by atoms with E-state index in [2.05, 4.69) is 31.0 Å². The summed E-state index contributed by atoms with van der Waals surface area (Å²) in [5, 5.41) is 3.47. The molecule has 1 N–H and O–H groups in total. The Morgan fingerprint density at radius 3 is 2.56 bits per heavy atom. The Morgan fingerprint density at radius 1 is 1.25 bits per heavy atom. The molecule has 0 saturated carbocycles. The van der Waals surface area contributed by atoms with Crippen LogP contribution in [0, 0.1) is 5.92 Å². The second kappa shape index (κ2) is 11.4. The summed E-state index contributed by atoms with van der Waals surface area (Å²) in [4.78, 5) is 2.47. The SMILES string of the molecule is CCCNCC(C)CN(CC)CCOCC. The van der Waals surface area contributed by atoms with Crippen molar-refractivity contribution in [2.24, 2.45) is 5.92 Å². The van der Waals surface area contributed by atoms with Crippen molar-refractivity contribution in [3.8, 4) is 0 Å². The van der Waals surface area contributed by atoms with Gasteiger partial charge in [-0.3, -0.25) is 0 Å². The quantitative estimate of drug-likeness (QED) is 0.549. The molecule has 1 unspecified atom stereocenters. The second-order valence-corrected chi connectivity index (χ2v) is 4.40. The first-order valence-corrected chi connectivity index (χ1v) is 6.75. The van der Waals surface area contributed by atoms with Crippen molar-refractivity contribution < 1.29 is 4.74 Å². The molecule has 3 nitrogen and oxygen atoms in total. The van der Waals surface area contributed by atoms with Crippen molar-refractivity contribution in [1.29, 1.82) is 0 Å². The smallest absolute Gasteiger partial charge is 0.0593 e. The van der Waals surface area contributed by atoms with E-state index < -0.39 is 0 Å². The minimum atomic E-state index is 0.716. The molecule has 0 aromatic carbocycles. The van der Waals surface area contributed by atoms with Gasteiger partial charge in [-0.15, -0.1) is 0 Å². The van der Waals surface area contributed by atoms with Gasteiger partial charge in [0.25, 0.3) is 0 Å². The minimum Gasteiger partial charge on any atom is -0.380 e. The van der Waals surface area contributed by atoms with Gasteiger partial charge in [-0.2, -0.15) is 0 Å². The van der Waals surface area contributed by atoms with E-state index in [0.29, 0.717) is 5.92 Å². The molecule has 98 valence electrons. The fourth-order valence-corrected chi connectivity index (χ4v) is 1.75. The topological polar surface area (TPSA) is 24.5 Å². The number of nitrogens with one attached hydrogen (secondary N) is 1. The molecular formula is C13H30N2O. The molecule has 0 aliphatic heterocycles. The molecular weight excluding hydrogens is 200 g/mol. The highest BCUT2D eigenvalue weighted by atomic mass is 16.5. The van der Waals surface area contributed by atoms with E-state index >= 15 is 0 Å². The van der Waals surface area contributed by atoms with E-state index in [1.165, 1.54) is 13.0 Å². The molecule has 0 aromatic heterocycles. The maximum atomic E-state index is 5.39. The summed E-state index contributed by atoms with van der Waals surface area (Å²) in [5.41, 5.74) is 0. The minimum absolute atomic E-state index is 0.716. The van der Waals surface area contributed by atoms with Gasteiger partial charge in [0.15, 0.2) is 0 Å². The molecule has 0 spiro atoms. The van der Waals surface area contributed by atoms with Gasteiger partial charge in [-0.1, -0.05) is 20.8 Å². The lowest BCUT2D eigenvalue weighted by atomic mass is 10.1. The average Bonchev–Trinajstić information content (AvgIpc) is 2.28. The first kappa shape index (κ1) is 15.9. The van der Waals surface area contributed by atoms with Crippen LogP contribution < -0.4 is 5.32 Å². The van der Waals surface area contributed by atoms with Gasteiger partial charge >= 0.3 is 0 Å². The lowest BCUT2D eigenvalue weighted by molar-refractivity contribution is 0.109. The van der Waals surface area contributed by atoms with Gasteiger partial charge in [0.2, 0.25) is 0 Å². The number of nitrogens with zero attached hydrogens (tertiary/aromatic N) is 1. The molecule has 0 fully saturated rings. The molecule has 0 aliphatic rings. The van der Waals surface area contributed by atoms with E-state index in [-0.39, 0.29) is 0 Å². The Kier molecular flexibility index (Phi) is 11.3. The zero-order valence-electron chi connectivity index (χ0n) is 11.6. The highest BCUT2D eigenvalue weighted by molar-refractivity contribution is 4.63. The molecule has 3 heteroatoms. The Morgan fingerprint density at radius 2 is 2.00 bits per heavy atom. The summed E-state index contributed by atoms with van der Waals surface area (Å²) in [5.74, 6) is 0.716. The van der Waals surface area contributed by atoms with Gasteiger partial charge in [0, 0.05) is 19.7 Å². The monoisotopic (exact) mass is 230 g/mol. The van der Waals surface area contributed by atoms with Gasteiger partial charge < -0.3 is 15.0 Å². The Balaban J connectivity index is 3.57.